The summed E-state index contributed by atoms with van der Waals surface area (Å²) in [5.74, 6) is 1.75. The van der Waals surface area contributed by atoms with Crippen molar-refractivity contribution < 1.29 is 4.79 Å². The summed E-state index contributed by atoms with van der Waals surface area (Å²) in [6.07, 6.45) is 0. The first-order valence-electron chi connectivity index (χ1n) is 2.49. The maximum Gasteiger partial charge on any atom is 0.315 e. The summed E-state index contributed by atoms with van der Waals surface area (Å²) in [4.78, 5) is 10.4. The Morgan fingerprint density at radius 2 is 2.38 bits per heavy atom. The summed E-state index contributed by atoms with van der Waals surface area (Å²) < 4.78 is 0. The number of amides is 2. The van der Waals surface area contributed by atoms with E-state index in [1.165, 1.54) is 0 Å². The summed E-state index contributed by atoms with van der Waals surface area (Å²) in [6.45, 7) is 0.788. The summed E-state index contributed by atoms with van der Waals surface area (Å²) in [5, 5.41) is 5.33. The van der Waals surface area contributed by atoms with Gasteiger partial charge >= 0.3 is 6.03 Å². The van der Waals surface area contributed by atoms with E-state index in [9.17, 15) is 4.79 Å². The van der Waals surface area contributed by atoms with Crippen LogP contribution in [-0.4, -0.2) is 24.2 Å². The first-order valence-corrected chi connectivity index (χ1v) is 3.64. The Kier molecular flexibility index (Phi) is 2.02. The van der Waals surface area contributed by atoms with Gasteiger partial charge in [-0.3, -0.25) is 0 Å². The highest BCUT2D eigenvalue weighted by molar-refractivity contribution is 7.99. The lowest BCUT2D eigenvalue weighted by atomic mass is 10.7. The molecule has 1 aliphatic rings. The molecule has 0 spiro atoms. The molecule has 46 valence electrons. The third kappa shape index (κ3) is 1.61. The molecule has 0 saturated carbocycles. The van der Waals surface area contributed by atoms with Gasteiger partial charge in [-0.25, -0.2) is 4.79 Å². The third-order valence-electron chi connectivity index (χ3n) is 0.867. The van der Waals surface area contributed by atoms with E-state index in [-0.39, 0.29) is 6.03 Å². The molecule has 0 atom stereocenters. The van der Waals surface area contributed by atoms with Gasteiger partial charge in [-0.2, -0.15) is 0 Å². The van der Waals surface area contributed by atoms with Crippen LogP contribution in [0, 0.1) is 0 Å². The van der Waals surface area contributed by atoms with Crippen LogP contribution in [0.1, 0.15) is 0 Å². The summed E-state index contributed by atoms with van der Waals surface area (Å²) in [5.41, 5.74) is 0. The van der Waals surface area contributed by atoms with Crippen LogP contribution in [0.25, 0.3) is 0 Å². The van der Waals surface area contributed by atoms with Gasteiger partial charge in [-0.05, 0) is 0 Å². The number of carbonyl (C=O) groups excluding carboxylic acids is 1. The zero-order valence-corrected chi connectivity index (χ0v) is 5.25. The van der Waals surface area contributed by atoms with Crippen LogP contribution < -0.4 is 10.6 Å². The number of carbonyl (C=O) groups is 1. The molecule has 2 N–H and O–H groups in total. The van der Waals surface area contributed by atoms with Crippen molar-refractivity contribution in [1.29, 1.82) is 0 Å². The molecular weight excluding hydrogens is 124 g/mol. The zero-order chi connectivity index (χ0) is 5.82. The van der Waals surface area contributed by atoms with Crippen LogP contribution in [0.5, 0.6) is 0 Å². The minimum atomic E-state index is -0.0463. The van der Waals surface area contributed by atoms with Crippen LogP contribution in [-0.2, 0) is 0 Å². The average molecular weight is 132 g/mol. The highest BCUT2D eigenvalue weighted by atomic mass is 32.2. The number of nitrogens with one attached hydrogen (secondary N) is 2. The van der Waals surface area contributed by atoms with Gasteiger partial charge in [0.2, 0.25) is 0 Å². The van der Waals surface area contributed by atoms with Crippen molar-refractivity contribution in [3.63, 3.8) is 0 Å². The Morgan fingerprint density at radius 1 is 1.50 bits per heavy atom. The first kappa shape index (κ1) is 5.75. The molecular formula is C4H8N2OS. The molecule has 1 heterocycles. The normalized spacial score (nSPS) is 20.8. The van der Waals surface area contributed by atoms with E-state index in [4.69, 9.17) is 0 Å². The second-order valence-corrected chi connectivity index (χ2v) is 2.59. The van der Waals surface area contributed by atoms with E-state index in [2.05, 4.69) is 10.6 Å². The van der Waals surface area contributed by atoms with Gasteiger partial charge in [0.1, 0.15) is 0 Å². The Balaban J connectivity index is 2.27. The topological polar surface area (TPSA) is 41.1 Å². The van der Waals surface area contributed by atoms with E-state index in [1.54, 1.807) is 11.8 Å². The van der Waals surface area contributed by atoms with Gasteiger partial charge in [0.05, 0.1) is 5.88 Å². The fraction of sp³-hybridized carbons (Fsp3) is 0.750. The van der Waals surface area contributed by atoms with E-state index < -0.39 is 0 Å². The minimum absolute atomic E-state index is 0.0463. The van der Waals surface area contributed by atoms with Crippen LogP contribution in [0.15, 0.2) is 0 Å². The predicted molar refractivity (Wildman–Crippen MR) is 33.9 cm³/mol. The molecule has 0 aromatic heterocycles. The van der Waals surface area contributed by atoms with Crippen LogP contribution in [0.4, 0.5) is 4.79 Å². The molecule has 1 fully saturated rings. The maximum atomic E-state index is 10.4. The number of rotatable bonds is 0. The molecule has 0 unspecified atom stereocenters. The highest BCUT2D eigenvalue weighted by Crippen LogP contribution is 1.96. The van der Waals surface area contributed by atoms with Gasteiger partial charge in [-0.1, -0.05) is 0 Å². The summed E-state index contributed by atoms with van der Waals surface area (Å²) >= 11 is 1.73. The van der Waals surface area contributed by atoms with Gasteiger partial charge in [0.25, 0.3) is 0 Å². The Bertz CT molecular complexity index is 86.0. The minimum Gasteiger partial charge on any atom is -0.337 e. The molecule has 4 heteroatoms. The van der Waals surface area contributed by atoms with E-state index in [0.717, 1.165) is 18.2 Å². The highest BCUT2D eigenvalue weighted by Gasteiger charge is 2.01. The van der Waals surface area contributed by atoms with E-state index in [1.807, 2.05) is 0 Å². The molecule has 1 saturated heterocycles. The smallest absolute Gasteiger partial charge is 0.315 e. The zero-order valence-electron chi connectivity index (χ0n) is 4.44. The quantitative estimate of drug-likeness (QED) is 0.486. The lowest BCUT2D eigenvalue weighted by Crippen LogP contribution is -2.33. The number of hydrogen-bond donors (Lipinski definition) is 2. The lowest BCUT2D eigenvalue weighted by Gasteiger charge is -1.95. The monoisotopic (exact) mass is 132 g/mol. The predicted octanol–water partition coefficient (Wildman–Crippen LogP) is -0.0101. The van der Waals surface area contributed by atoms with Crippen molar-refractivity contribution in [2.45, 2.75) is 0 Å². The van der Waals surface area contributed by atoms with Crippen LogP contribution in [0.3, 0.4) is 0 Å². The van der Waals surface area contributed by atoms with Crippen molar-refractivity contribution in [2.24, 2.45) is 0 Å². The van der Waals surface area contributed by atoms with Crippen LogP contribution >= 0.6 is 11.8 Å². The van der Waals surface area contributed by atoms with Crippen molar-refractivity contribution >= 4 is 17.8 Å². The molecule has 1 aliphatic heterocycles. The number of thioether (sulfide) groups is 1. The fourth-order valence-electron chi connectivity index (χ4n) is 0.488. The van der Waals surface area contributed by atoms with Gasteiger partial charge < -0.3 is 10.6 Å². The first-order chi connectivity index (χ1) is 3.89. The maximum absolute atomic E-state index is 10.4. The molecule has 1 rings (SSSR count). The molecule has 0 radical (unpaired) electrons. The van der Waals surface area contributed by atoms with Gasteiger partial charge in [0, 0.05) is 12.3 Å². The number of hydrogen-bond acceptors (Lipinski definition) is 2. The standard InChI is InChI=1S/C4H8N2OS/c7-4-5-1-2-8-3-6-4/h1-3H2,(H2,5,6,7). The fourth-order valence-corrected chi connectivity index (χ4v) is 1.11. The van der Waals surface area contributed by atoms with Crippen LogP contribution in [0.2, 0.25) is 0 Å². The van der Waals surface area contributed by atoms with E-state index >= 15 is 0 Å². The van der Waals surface area contributed by atoms with Crippen molar-refractivity contribution in [1.82, 2.24) is 10.6 Å². The Morgan fingerprint density at radius 3 is 3.25 bits per heavy atom. The lowest BCUT2D eigenvalue weighted by molar-refractivity contribution is 0.243. The van der Waals surface area contributed by atoms with Crippen molar-refractivity contribution in [3.05, 3.63) is 0 Å². The summed E-state index contributed by atoms with van der Waals surface area (Å²) in [6, 6.07) is -0.0463. The largest absolute Gasteiger partial charge is 0.337 e. The average Bonchev–Trinajstić information content (AvgIpc) is 1.94. The Hall–Kier alpha value is -0.380. The van der Waals surface area contributed by atoms with Gasteiger partial charge in [-0.15, -0.1) is 11.8 Å². The second kappa shape index (κ2) is 2.81. The second-order valence-electron chi connectivity index (χ2n) is 1.49. The molecule has 0 aromatic carbocycles. The van der Waals surface area contributed by atoms with Crippen molar-refractivity contribution in [2.75, 3.05) is 18.2 Å². The molecule has 2 amide bonds. The molecule has 0 bridgehead atoms. The SMILES string of the molecule is O=C1NCCSCN1. The third-order valence-corrected chi connectivity index (χ3v) is 1.71. The molecule has 0 aliphatic carbocycles. The van der Waals surface area contributed by atoms with Gasteiger partial charge in [0.15, 0.2) is 0 Å². The van der Waals surface area contributed by atoms with Crippen molar-refractivity contribution in [3.8, 4) is 0 Å². The Labute approximate surface area is 52.2 Å². The molecule has 0 aromatic rings. The van der Waals surface area contributed by atoms with E-state index in [0.29, 0.717) is 0 Å². The molecule has 3 nitrogen and oxygen atoms in total. The summed E-state index contributed by atoms with van der Waals surface area (Å²) in [7, 11) is 0. The molecule has 8 heavy (non-hydrogen) atoms. The number of urea groups is 1.